The largest absolute Gasteiger partial charge is 0.314 e. The maximum absolute atomic E-state index is 4.32. The lowest BCUT2D eigenvalue weighted by Crippen LogP contribution is -2.24. The molecule has 1 aromatic rings. The van der Waals surface area contributed by atoms with Gasteiger partial charge in [-0.25, -0.2) is 0 Å². The Kier molecular flexibility index (Phi) is 4.92. The summed E-state index contributed by atoms with van der Waals surface area (Å²) < 4.78 is 0. The van der Waals surface area contributed by atoms with E-state index in [-0.39, 0.29) is 0 Å². The minimum Gasteiger partial charge on any atom is -0.314 e. The molecule has 0 spiro atoms. The summed E-state index contributed by atoms with van der Waals surface area (Å²) in [6.45, 7) is 5.35. The average Bonchev–Trinajstić information content (AvgIpc) is 2.90. The second-order valence-electron chi connectivity index (χ2n) is 5.30. The highest BCUT2D eigenvalue weighted by molar-refractivity contribution is 7.11. The van der Waals surface area contributed by atoms with Crippen molar-refractivity contribution in [3.05, 3.63) is 10.0 Å². The first-order chi connectivity index (χ1) is 8.24. The van der Waals surface area contributed by atoms with E-state index >= 15 is 0 Å². The van der Waals surface area contributed by atoms with Gasteiger partial charge in [0.15, 0.2) is 0 Å². The predicted molar refractivity (Wildman–Crippen MR) is 72.4 cm³/mol. The Morgan fingerprint density at radius 1 is 1.24 bits per heavy atom. The Morgan fingerprint density at radius 3 is 2.65 bits per heavy atom. The third-order valence-electron chi connectivity index (χ3n) is 3.34. The fourth-order valence-electron chi connectivity index (χ4n) is 2.40. The lowest BCUT2D eigenvalue weighted by Gasteiger charge is -2.05. The molecule has 0 aliphatic heterocycles. The third-order valence-corrected chi connectivity index (χ3v) is 4.34. The summed E-state index contributed by atoms with van der Waals surface area (Å²) in [6.07, 6.45) is 7.78. The van der Waals surface area contributed by atoms with Gasteiger partial charge in [-0.05, 0) is 5.92 Å². The molecule has 0 aromatic carbocycles. The van der Waals surface area contributed by atoms with E-state index < -0.39 is 0 Å². The topological polar surface area (TPSA) is 37.8 Å². The van der Waals surface area contributed by atoms with Gasteiger partial charge in [0.05, 0.1) is 0 Å². The monoisotopic (exact) mass is 253 g/mol. The highest BCUT2D eigenvalue weighted by Crippen LogP contribution is 2.28. The summed E-state index contributed by atoms with van der Waals surface area (Å²) >= 11 is 1.81. The summed E-state index contributed by atoms with van der Waals surface area (Å²) in [5, 5.41) is 14.4. The van der Waals surface area contributed by atoms with E-state index in [1.165, 1.54) is 35.7 Å². The molecule has 0 atom stereocenters. The first-order valence-electron chi connectivity index (χ1n) is 6.78. The van der Waals surface area contributed by atoms with Crippen molar-refractivity contribution in [2.24, 2.45) is 5.92 Å². The summed E-state index contributed by atoms with van der Waals surface area (Å²) in [4.78, 5) is 0. The van der Waals surface area contributed by atoms with Gasteiger partial charge in [0.25, 0.3) is 0 Å². The molecule has 0 saturated heterocycles. The van der Waals surface area contributed by atoms with Gasteiger partial charge >= 0.3 is 0 Å². The van der Waals surface area contributed by atoms with Crippen LogP contribution in [-0.2, 0) is 12.8 Å². The van der Waals surface area contributed by atoms with Gasteiger partial charge in [-0.1, -0.05) is 39.5 Å². The maximum atomic E-state index is 4.32. The van der Waals surface area contributed by atoms with Crippen LogP contribution in [0.15, 0.2) is 0 Å². The number of hydrogen-bond acceptors (Lipinski definition) is 4. The molecule has 1 aromatic heterocycles. The minimum absolute atomic E-state index is 0.556. The van der Waals surface area contributed by atoms with Crippen molar-refractivity contribution in [3.8, 4) is 0 Å². The number of nitrogens with one attached hydrogen (secondary N) is 1. The van der Waals surface area contributed by atoms with Crippen LogP contribution in [0.5, 0.6) is 0 Å². The predicted octanol–water partition coefficient (Wildman–Crippen LogP) is 2.81. The zero-order valence-corrected chi connectivity index (χ0v) is 11.7. The normalized spacial score (nSPS) is 17.1. The third kappa shape index (κ3) is 4.36. The van der Waals surface area contributed by atoms with E-state index in [4.69, 9.17) is 0 Å². The molecular formula is C13H23N3S. The van der Waals surface area contributed by atoms with Gasteiger partial charge in [0, 0.05) is 25.4 Å². The van der Waals surface area contributed by atoms with Crippen molar-refractivity contribution < 1.29 is 0 Å². The van der Waals surface area contributed by atoms with Gasteiger partial charge in [-0.15, -0.1) is 21.5 Å². The summed E-state index contributed by atoms with van der Waals surface area (Å²) in [7, 11) is 0. The molecule has 3 nitrogen and oxygen atoms in total. The van der Waals surface area contributed by atoms with E-state index in [2.05, 4.69) is 29.4 Å². The molecule has 1 N–H and O–H groups in total. The molecule has 1 heterocycles. The van der Waals surface area contributed by atoms with E-state index in [0.29, 0.717) is 6.04 Å². The van der Waals surface area contributed by atoms with Gasteiger partial charge in [0.1, 0.15) is 10.0 Å². The Hall–Kier alpha value is -0.480. The van der Waals surface area contributed by atoms with Crippen LogP contribution in [0.2, 0.25) is 0 Å². The average molecular weight is 253 g/mol. The Morgan fingerprint density at radius 2 is 1.94 bits per heavy atom. The summed E-state index contributed by atoms with van der Waals surface area (Å²) in [5.41, 5.74) is 0. The van der Waals surface area contributed by atoms with E-state index in [9.17, 15) is 0 Å². The van der Waals surface area contributed by atoms with E-state index in [1.54, 1.807) is 0 Å². The quantitative estimate of drug-likeness (QED) is 0.847. The van der Waals surface area contributed by atoms with Crippen LogP contribution in [-0.4, -0.2) is 22.8 Å². The molecule has 1 aliphatic rings. The van der Waals surface area contributed by atoms with Crippen LogP contribution in [0.4, 0.5) is 0 Å². The number of aromatic nitrogens is 2. The highest BCUT2D eigenvalue weighted by atomic mass is 32.1. The molecule has 0 amide bonds. The first-order valence-corrected chi connectivity index (χ1v) is 7.60. The van der Waals surface area contributed by atoms with Crippen molar-refractivity contribution in [1.82, 2.24) is 15.5 Å². The van der Waals surface area contributed by atoms with Crippen LogP contribution in [0.25, 0.3) is 0 Å². The van der Waals surface area contributed by atoms with Crippen LogP contribution >= 0.6 is 11.3 Å². The smallest absolute Gasteiger partial charge is 0.118 e. The fraction of sp³-hybridized carbons (Fsp3) is 0.846. The molecule has 96 valence electrons. The van der Waals surface area contributed by atoms with E-state index in [1.807, 2.05) is 11.3 Å². The molecule has 2 rings (SSSR count). The number of hydrogen-bond donors (Lipinski definition) is 1. The van der Waals surface area contributed by atoms with Crippen LogP contribution in [0.1, 0.15) is 49.5 Å². The molecule has 0 bridgehead atoms. The van der Waals surface area contributed by atoms with Crippen LogP contribution in [0, 0.1) is 5.92 Å². The number of nitrogens with zero attached hydrogens (tertiary/aromatic N) is 2. The maximum Gasteiger partial charge on any atom is 0.118 e. The lowest BCUT2D eigenvalue weighted by molar-refractivity contribution is 0.542. The molecule has 17 heavy (non-hydrogen) atoms. The van der Waals surface area contributed by atoms with Gasteiger partial charge < -0.3 is 5.32 Å². The van der Waals surface area contributed by atoms with Gasteiger partial charge in [-0.2, -0.15) is 0 Å². The molecule has 1 fully saturated rings. The van der Waals surface area contributed by atoms with Crippen LogP contribution < -0.4 is 5.32 Å². The zero-order chi connectivity index (χ0) is 12.1. The van der Waals surface area contributed by atoms with Gasteiger partial charge in [0.2, 0.25) is 0 Å². The number of rotatable bonds is 6. The molecule has 0 unspecified atom stereocenters. The van der Waals surface area contributed by atoms with E-state index in [0.717, 1.165) is 25.3 Å². The Labute approximate surface area is 108 Å². The van der Waals surface area contributed by atoms with Crippen molar-refractivity contribution in [1.29, 1.82) is 0 Å². The Bertz CT molecular complexity index is 329. The second kappa shape index (κ2) is 6.45. The minimum atomic E-state index is 0.556. The molecule has 0 radical (unpaired) electrons. The van der Waals surface area contributed by atoms with Gasteiger partial charge in [-0.3, -0.25) is 0 Å². The highest BCUT2D eigenvalue weighted by Gasteiger charge is 2.17. The molecule has 1 saturated carbocycles. The lowest BCUT2D eigenvalue weighted by atomic mass is 10.1. The standard InChI is InChI=1S/C13H23N3S/c1-10(2)14-8-7-12-15-16-13(17-12)9-11-5-3-4-6-11/h10-11,14H,3-9H2,1-2H3. The van der Waals surface area contributed by atoms with Crippen molar-refractivity contribution in [2.45, 2.75) is 58.4 Å². The van der Waals surface area contributed by atoms with Crippen molar-refractivity contribution in [3.63, 3.8) is 0 Å². The molecular weight excluding hydrogens is 230 g/mol. The van der Waals surface area contributed by atoms with Crippen molar-refractivity contribution in [2.75, 3.05) is 6.54 Å². The zero-order valence-electron chi connectivity index (χ0n) is 10.9. The van der Waals surface area contributed by atoms with Crippen molar-refractivity contribution >= 4 is 11.3 Å². The molecule has 4 heteroatoms. The summed E-state index contributed by atoms with van der Waals surface area (Å²) in [6, 6.07) is 0.556. The van der Waals surface area contributed by atoms with Crippen LogP contribution in [0.3, 0.4) is 0 Å². The summed E-state index contributed by atoms with van der Waals surface area (Å²) in [5.74, 6) is 0.879. The molecule has 1 aliphatic carbocycles. The fourth-order valence-corrected chi connectivity index (χ4v) is 3.36. The Balaban J connectivity index is 1.75. The SMILES string of the molecule is CC(C)NCCc1nnc(CC2CCCC2)s1. The second-order valence-corrected chi connectivity index (χ2v) is 6.45. The first kappa shape index (κ1) is 13.0.